The summed E-state index contributed by atoms with van der Waals surface area (Å²) in [7, 11) is 0. The van der Waals surface area contributed by atoms with Crippen LogP contribution in [0.1, 0.15) is 48.7 Å². The molecule has 1 N–H and O–H groups in total. The lowest BCUT2D eigenvalue weighted by molar-refractivity contribution is -0.605. The first-order valence-electron chi connectivity index (χ1n) is 11.8. The predicted octanol–water partition coefficient (Wildman–Crippen LogP) is 3.78. The van der Waals surface area contributed by atoms with Crippen LogP contribution in [0.3, 0.4) is 0 Å². The molecule has 3 atom stereocenters. The summed E-state index contributed by atoms with van der Waals surface area (Å²) in [5.41, 5.74) is 0.827. The molecule has 5 rings (SSSR count). The quantitative estimate of drug-likeness (QED) is 0.327. The third-order valence-electron chi connectivity index (χ3n) is 7.12. The summed E-state index contributed by atoms with van der Waals surface area (Å²) in [6, 6.07) is 5.15. The molecule has 0 spiro atoms. The average molecular weight is 504 g/mol. The number of carbonyl (C=O) groups excluding carboxylic acids is 1. The number of amides is 1. The smallest absolute Gasteiger partial charge is 0.257 e. The van der Waals surface area contributed by atoms with Crippen molar-refractivity contribution in [3.63, 3.8) is 0 Å². The minimum absolute atomic E-state index is 0.0410. The fourth-order valence-electron chi connectivity index (χ4n) is 5.13. The first-order valence-corrected chi connectivity index (χ1v) is 11.8. The van der Waals surface area contributed by atoms with Crippen LogP contribution in [0.2, 0.25) is 0 Å². The van der Waals surface area contributed by atoms with Crippen molar-refractivity contribution in [2.75, 3.05) is 18.4 Å². The molecular weight excluding hydrogens is 478 g/mol. The highest BCUT2D eigenvalue weighted by atomic mass is 19.3. The van der Waals surface area contributed by atoms with E-state index in [1.807, 2.05) is 0 Å². The van der Waals surface area contributed by atoms with E-state index in [0.29, 0.717) is 40.3 Å². The Labute approximate surface area is 204 Å². The van der Waals surface area contributed by atoms with Crippen molar-refractivity contribution < 1.29 is 27.1 Å². The molecule has 0 bridgehead atoms. The van der Waals surface area contributed by atoms with Crippen LogP contribution in [-0.4, -0.2) is 45.4 Å². The highest BCUT2D eigenvalue weighted by molar-refractivity contribution is 5.93. The van der Waals surface area contributed by atoms with E-state index in [-0.39, 0.29) is 19.1 Å². The van der Waals surface area contributed by atoms with Crippen LogP contribution in [0.4, 0.5) is 23.4 Å². The van der Waals surface area contributed by atoms with Crippen molar-refractivity contribution in [1.29, 1.82) is 0 Å². The zero-order valence-electron chi connectivity index (χ0n) is 19.5. The van der Waals surface area contributed by atoms with Gasteiger partial charge in [0.2, 0.25) is 5.91 Å². The number of benzene rings is 1. The molecule has 1 aromatic carbocycles. The number of hydrogen-bond donors (Lipinski definition) is 1. The van der Waals surface area contributed by atoms with E-state index >= 15 is 0 Å². The van der Waals surface area contributed by atoms with E-state index in [4.69, 9.17) is 0 Å². The van der Waals surface area contributed by atoms with Crippen molar-refractivity contribution in [3.05, 3.63) is 82.7 Å². The standard InChI is InChI=1S/C25H25F4N5O2/c1-15(32-9-6-25(28,29)20(13-32)16-4-7-33(36)8-5-16)24(35)31-22-14-34-21(2-3-23(34)30-22)17-10-18(26)12-19(27)11-17/h4-5,7-8,10-12,14-15,20-21H,2-3,6,9,13H2,1H3,(H,31,35)/t15?,20-,21?/m0/s1. The molecule has 190 valence electrons. The van der Waals surface area contributed by atoms with Crippen LogP contribution in [0.5, 0.6) is 0 Å². The largest absolute Gasteiger partial charge is 0.619 e. The number of alkyl halides is 2. The van der Waals surface area contributed by atoms with Crippen molar-refractivity contribution in [3.8, 4) is 0 Å². The maximum Gasteiger partial charge on any atom is 0.257 e. The average Bonchev–Trinajstić information content (AvgIpc) is 3.39. The van der Waals surface area contributed by atoms with Crippen LogP contribution in [-0.2, 0) is 11.2 Å². The zero-order valence-corrected chi connectivity index (χ0v) is 19.5. The summed E-state index contributed by atoms with van der Waals surface area (Å²) in [5.74, 6) is -4.84. The van der Waals surface area contributed by atoms with Gasteiger partial charge in [-0.15, -0.1) is 0 Å². The molecule has 1 amide bonds. The normalized spacial score (nSPS) is 22.2. The minimum atomic E-state index is -2.96. The van der Waals surface area contributed by atoms with Gasteiger partial charge in [-0.25, -0.2) is 22.5 Å². The summed E-state index contributed by atoms with van der Waals surface area (Å²) in [6.45, 7) is 1.64. The fourth-order valence-corrected chi connectivity index (χ4v) is 5.13. The Morgan fingerprint density at radius 3 is 2.58 bits per heavy atom. The number of pyridine rings is 1. The lowest BCUT2D eigenvalue weighted by atomic mass is 9.87. The Kier molecular flexibility index (Phi) is 6.19. The molecule has 7 nitrogen and oxygen atoms in total. The van der Waals surface area contributed by atoms with Gasteiger partial charge in [0.25, 0.3) is 5.92 Å². The number of likely N-dealkylation sites (tertiary alicyclic amines) is 1. The first-order chi connectivity index (χ1) is 17.1. The number of anilines is 1. The molecular formula is C25H25F4N5O2. The number of hydrogen-bond acceptors (Lipinski definition) is 4. The number of rotatable bonds is 5. The van der Waals surface area contributed by atoms with E-state index in [1.165, 1.54) is 36.7 Å². The second kappa shape index (κ2) is 9.20. The summed E-state index contributed by atoms with van der Waals surface area (Å²) in [4.78, 5) is 19.1. The third kappa shape index (κ3) is 4.67. The molecule has 0 saturated carbocycles. The van der Waals surface area contributed by atoms with Gasteiger partial charge in [0.15, 0.2) is 18.2 Å². The zero-order chi connectivity index (χ0) is 25.6. The molecule has 3 aromatic rings. The second-order valence-corrected chi connectivity index (χ2v) is 9.42. The maximum atomic E-state index is 14.7. The topological polar surface area (TPSA) is 77.1 Å². The van der Waals surface area contributed by atoms with Gasteiger partial charge < -0.3 is 15.1 Å². The van der Waals surface area contributed by atoms with E-state index in [0.717, 1.165) is 6.07 Å². The maximum absolute atomic E-state index is 14.7. The summed E-state index contributed by atoms with van der Waals surface area (Å²) >= 11 is 0. The second-order valence-electron chi connectivity index (χ2n) is 9.42. The monoisotopic (exact) mass is 503 g/mol. The number of imidazole rings is 1. The number of nitrogens with one attached hydrogen (secondary N) is 1. The molecule has 0 radical (unpaired) electrons. The Hall–Kier alpha value is -3.47. The van der Waals surface area contributed by atoms with Gasteiger partial charge in [0.1, 0.15) is 17.5 Å². The molecule has 2 aliphatic rings. The predicted molar refractivity (Wildman–Crippen MR) is 122 cm³/mol. The lowest BCUT2D eigenvalue weighted by Gasteiger charge is -2.40. The molecule has 4 heterocycles. The number of aromatic nitrogens is 3. The van der Waals surface area contributed by atoms with Gasteiger partial charge in [0.05, 0.1) is 18.0 Å². The molecule has 1 saturated heterocycles. The van der Waals surface area contributed by atoms with Crippen LogP contribution in [0.15, 0.2) is 48.9 Å². The number of aryl methyl sites for hydroxylation is 1. The van der Waals surface area contributed by atoms with Crippen LogP contribution in [0, 0.1) is 16.8 Å². The molecule has 0 aliphatic carbocycles. The molecule has 11 heteroatoms. The number of nitrogens with zero attached hydrogens (tertiary/aromatic N) is 4. The third-order valence-corrected chi connectivity index (χ3v) is 7.12. The van der Waals surface area contributed by atoms with Gasteiger partial charge >= 0.3 is 0 Å². The van der Waals surface area contributed by atoms with Crippen LogP contribution < -0.4 is 10.0 Å². The van der Waals surface area contributed by atoms with Crippen molar-refractivity contribution in [2.45, 2.75) is 50.1 Å². The van der Waals surface area contributed by atoms with Gasteiger partial charge in [-0.2, -0.15) is 4.73 Å². The van der Waals surface area contributed by atoms with Gasteiger partial charge in [0, 0.05) is 50.3 Å². The highest BCUT2D eigenvalue weighted by Crippen LogP contribution is 2.40. The molecule has 2 aliphatic heterocycles. The van der Waals surface area contributed by atoms with Gasteiger partial charge in [-0.3, -0.25) is 9.69 Å². The fraction of sp³-hybridized carbons (Fsp3) is 0.400. The van der Waals surface area contributed by atoms with E-state index < -0.39 is 41.8 Å². The van der Waals surface area contributed by atoms with Crippen molar-refractivity contribution in [2.24, 2.45) is 0 Å². The Bertz CT molecular complexity index is 1260. The summed E-state index contributed by atoms with van der Waals surface area (Å²) in [5, 5.41) is 14.1. The Morgan fingerprint density at radius 2 is 1.89 bits per heavy atom. The van der Waals surface area contributed by atoms with Gasteiger partial charge in [-0.1, -0.05) is 0 Å². The molecule has 2 unspecified atom stereocenters. The van der Waals surface area contributed by atoms with Crippen LogP contribution in [0.25, 0.3) is 0 Å². The lowest BCUT2D eigenvalue weighted by Crippen LogP contribution is -2.52. The minimum Gasteiger partial charge on any atom is -0.619 e. The molecule has 1 fully saturated rings. The molecule has 2 aromatic heterocycles. The Balaban J connectivity index is 1.28. The van der Waals surface area contributed by atoms with E-state index in [9.17, 15) is 27.6 Å². The van der Waals surface area contributed by atoms with Gasteiger partial charge in [-0.05, 0) is 36.6 Å². The van der Waals surface area contributed by atoms with Crippen molar-refractivity contribution >= 4 is 11.7 Å². The SMILES string of the molecule is CC(C(=O)Nc1cn2c(n1)CCC2c1cc(F)cc(F)c1)N1CCC(F)(F)[C@H](c2cc[n+]([O-])cc2)C1. The number of fused-ring (bicyclic) bond motifs is 1. The van der Waals surface area contributed by atoms with Crippen molar-refractivity contribution in [1.82, 2.24) is 14.5 Å². The molecule has 36 heavy (non-hydrogen) atoms. The summed E-state index contributed by atoms with van der Waals surface area (Å²) in [6.07, 6.45) is 4.80. The van der Waals surface area contributed by atoms with E-state index in [2.05, 4.69) is 10.3 Å². The highest BCUT2D eigenvalue weighted by Gasteiger charge is 2.46. The number of halogens is 4. The van der Waals surface area contributed by atoms with E-state index in [1.54, 1.807) is 22.6 Å². The first kappa shape index (κ1) is 24.2. The Morgan fingerprint density at radius 1 is 1.19 bits per heavy atom. The summed E-state index contributed by atoms with van der Waals surface area (Å²) < 4.78 is 59.1. The van der Waals surface area contributed by atoms with Crippen LogP contribution >= 0.6 is 0 Å². The number of carbonyl (C=O) groups is 1. The number of piperidine rings is 1.